The number of H-pyrrole nitrogens is 1. The van der Waals surface area contributed by atoms with E-state index in [0.717, 1.165) is 6.20 Å². The fourth-order valence-corrected chi connectivity index (χ4v) is 2.91. The van der Waals surface area contributed by atoms with E-state index in [2.05, 4.69) is 20.2 Å². The zero-order chi connectivity index (χ0) is 15.2. The number of nitrogens with one attached hydrogen (secondary N) is 1. The number of sulfone groups is 1. The summed E-state index contributed by atoms with van der Waals surface area (Å²) >= 11 is 0. The van der Waals surface area contributed by atoms with Crippen molar-refractivity contribution in [1.82, 2.24) is 20.2 Å². The van der Waals surface area contributed by atoms with Gasteiger partial charge in [0.1, 0.15) is 17.5 Å². The third kappa shape index (κ3) is 2.18. The van der Waals surface area contributed by atoms with Crippen molar-refractivity contribution in [3.05, 3.63) is 36.0 Å². The Bertz CT molecular complexity index is 934. The Balaban J connectivity index is 2.21. The van der Waals surface area contributed by atoms with Gasteiger partial charge in [0.05, 0.1) is 11.1 Å². The van der Waals surface area contributed by atoms with Crippen LogP contribution in [0.15, 0.2) is 34.3 Å². The number of benzene rings is 1. The van der Waals surface area contributed by atoms with Crippen molar-refractivity contribution in [1.29, 1.82) is 0 Å². The zero-order valence-electron chi connectivity index (χ0n) is 10.2. The van der Waals surface area contributed by atoms with Crippen molar-refractivity contribution in [2.24, 2.45) is 0 Å². The van der Waals surface area contributed by atoms with Crippen molar-refractivity contribution in [3.8, 4) is 0 Å². The van der Waals surface area contributed by atoms with Gasteiger partial charge in [0.2, 0.25) is 15.5 Å². The number of hydrogen-bond donors (Lipinski definition) is 2. The van der Waals surface area contributed by atoms with Crippen LogP contribution in [-0.4, -0.2) is 28.6 Å². The van der Waals surface area contributed by atoms with Gasteiger partial charge in [-0.05, 0) is 12.1 Å². The van der Waals surface area contributed by atoms with Crippen LogP contribution in [0, 0.1) is 11.6 Å². The van der Waals surface area contributed by atoms with Crippen LogP contribution in [-0.2, 0) is 9.84 Å². The first-order valence-electron chi connectivity index (χ1n) is 5.56. The Morgan fingerprint density at radius 3 is 2.48 bits per heavy atom. The van der Waals surface area contributed by atoms with Crippen molar-refractivity contribution < 1.29 is 17.2 Å². The van der Waals surface area contributed by atoms with Gasteiger partial charge in [-0.3, -0.25) is 5.10 Å². The lowest BCUT2D eigenvalue weighted by Crippen LogP contribution is -2.06. The van der Waals surface area contributed by atoms with E-state index in [-0.39, 0.29) is 17.0 Å². The van der Waals surface area contributed by atoms with Gasteiger partial charge < -0.3 is 5.73 Å². The molecule has 0 aliphatic carbocycles. The molecule has 2 aromatic heterocycles. The molecule has 0 unspecified atom stereocenters. The lowest BCUT2D eigenvalue weighted by molar-refractivity contribution is 0.566. The Labute approximate surface area is 116 Å². The molecule has 2 heterocycles. The van der Waals surface area contributed by atoms with Gasteiger partial charge in [0.15, 0.2) is 10.5 Å². The molecule has 0 spiro atoms. The highest BCUT2D eigenvalue weighted by atomic mass is 32.2. The van der Waals surface area contributed by atoms with Crippen LogP contribution in [0.5, 0.6) is 0 Å². The number of rotatable bonds is 2. The predicted molar refractivity (Wildman–Crippen MR) is 67.9 cm³/mol. The van der Waals surface area contributed by atoms with Gasteiger partial charge in [-0.25, -0.2) is 27.2 Å². The summed E-state index contributed by atoms with van der Waals surface area (Å²) in [5.41, 5.74) is 5.74. The lowest BCUT2D eigenvalue weighted by atomic mass is 10.3. The highest BCUT2D eigenvalue weighted by Gasteiger charge is 2.23. The molecule has 21 heavy (non-hydrogen) atoms. The van der Waals surface area contributed by atoms with E-state index < -0.39 is 31.4 Å². The maximum atomic E-state index is 13.2. The fourth-order valence-electron chi connectivity index (χ4n) is 1.73. The van der Waals surface area contributed by atoms with Crippen molar-refractivity contribution in [2.45, 2.75) is 9.92 Å². The highest BCUT2D eigenvalue weighted by Crippen LogP contribution is 2.23. The molecular weight excluding hydrogens is 304 g/mol. The van der Waals surface area contributed by atoms with E-state index in [1.54, 1.807) is 0 Å². The summed E-state index contributed by atoms with van der Waals surface area (Å²) in [4.78, 5) is 7.06. The topological polar surface area (TPSA) is 115 Å². The number of nitrogens with zero attached hydrogens (tertiary/aromatic N) is 3. The number of fused-ring (bicyclic) bond motifs is 1. The molecule has 3 N–H and O–H groups in total. The summed E-state index contributed by atoms with van der Waals surface area (Å²) in [7, 11) is -4.22. The van der Waals surface area contributed by atoms with Gasteiger partial charge in [0.25, 0.3) is 0 Å². The summed E-state index contributed by atoms with van der Waals surface area (Å²) in [6, 6.07) is 1.97. The maximum Gasteiger partial charge on any atom is 0.225 e. The first-order valence-corrected chi connectivity index (χ1v) is 7.04. The first kappa shape index (κ1) is 13.4. The summed E-state index contributed by atoms with van der Waals surface area (Å²) in [5.74, 6) is -1.98. The fraction of sp³-hybridized carbons (Fsp3) is 0. The molecule has 0 saturated heterocycles. The van der Waals surface area contributed by atoms with Crippen LogP contribution in [0.3, 0.4) is 0 Å². The molecule has 3 rings (SSSR count). The van der Waals surface area contributed by atoms with Crippen LogP contribution < -0.4 is 5.73 Å². The van der Waals surface area contributed by atoms with Gasteiger partial charge in [0, 0.05) is 6.07 Å². The standard InChI is InChI=1S/C11H7F2N5O2S/c12-5-1-6(13)3-7(2-5)21(19,20)8-4-15-11-9(16-8)10(14)17-18-11/h1-4H,(H3,14,15,17,18). The number of aromatic amines is 1. The minimum atomic E-state index is -4.22. The molecule has 108 valence electrons. The van der Waals surface area contributed by atoms with E-state index in [0.29, 0.717) is 18.2 Å². The molecular formula is C11H7F2N5O2S. The number of hydrogen-bond acceptors (Lipinski definition) is 6. The average molecular weight is 311 g/mol. The van der Waals surface area contributed by atoms with E-state index in [9.17, 15) is 17.2 Å². The number of aromatic nitrogens is 4. The van der Waals surface area contributed by atoms with Crippen LogP contribution in [0.25, 0.3) is 11.2 Å². The maximum absolute atomic E-state index is 13.2. The van der Waals surface area contributed by atoms with E-state index in [4.69, 9.17) is 5.73 Å². The Kier molecular flexibility index (Phi) is 2.83. The molecule has 0 aliphatic heterocycles. The van der Waals surface area contributed by atoms with Crippen molar-refractivity contribution >= 4 is 26.8 Å². The van der Waals surface area contributed by atoms with E-state index >= 15 is 0 Å². The number of nitrogen functional groups attached to an aromatic ring is 1. The van der Waals surface area contributed by atoms with E-state index in [1.165, 1.54) is 0 Å². The molecule has 0 saturated carbocycles. The quantitative estimate of drug-likeness (QED) is 0.731. The molecule has 1 aromatic carbocycles. The summed E-state index contributed by atoms with van der Waals surface area (Å²) < 4.78 is 50.9. The van der Waals surface area contributed by atoms with Crippen LogP contribution in [0.1, 0.15) is 0 Å². The second-order valence-corrected chi connectivity index (χ2v) is 6.02. The number of nitrogens with two attached hydrogens (primary N) is 1. The molecule has 0 aliphatic rings. The number of halogens is 2. The molecule has 10 heteroatoms. The molecule has 0 fully saturated rings. The summed E-state index contributed by atoms with van der Waals surface area (Å²) in [6.45, 7) is 0. The molecule has 7 nitrogen and oxygen atoms in total. The van der Waals surface area contributed by atoms with E-state index in [1.807, 2.05) is 0 Å². The van der Waals surface area contributed by atoms with Crippen molar-refractivity contribution in [3.63, 3.8) is 0 Å². The largest absolute Gasteiger partial charge is 0.382 e. The third-order valence-electron chi connectivity index (χ3n) is 2.69. The molecule has 3 aromatic rings. The molecule has 0 amide bonds. The second kappa shape index (κ2) is 4.45. The molecule has 0 atom stereocenters. The summed E-state index contributed by atoms with van der Waals surface area (Å²) in [5, 5.41) is 5.63. The van der Waals surface area contributed by atoms with Crippen LogP contribution in [0.2, 0.25) is 0 Å². The van der Waals surface area contributed by atoms with Crippen LogP contribution >= 0.6 is 0 Å². The Hall–Kier alpha value is -2.62. The normalized spacial score (nSPS) is 11.9. The third-order valence-corrected chi connectivity index (χ3v) is 4.29. The number of anilines is 1. The summed E-state index contributed by atoms with van der Waals surface area (Å²) in [6.07, 6.45) is 0.945. The minimum Gasteiger partial charge on any atom is -0.382 e. The van der Waals surface area contributed by atoms with Gasteiger partial charge in [-0.2, -0.15) is 5.10 Å². The molecule has 0 radical (unpaired) electrons. The monoisotopic (exact) mass is 311 g/mol. The van der Waals surface area contributed by atoms with Gasteiger partial charge in [-0.1, -0.05) is 0 Å². The highest BCUT2D eigenvalue weighted by molar-refractivity contribution is 7.91. The van der Waals surface area contributed by atoms with Gasteiger partial charge in [-0.15, -0.1) is 0 Å². The molecule has 0 bridgehead atoms. The zero-order valence-corrected chi connectivity index (χ0v) is 11.0. The first-order chi connectivity index (χ1) is 9.88. The smallest absolute Gasteiger partial charge is 0.225 e. The van der Waals surface area contributed by atoms with Crippen LogP contribution in [0.4, 0.5) is 14.6 Å². The predicted octanol–water partition coefficient (Wildman–Crippen LogP) is 1.05. The Morgan fingerprint density at radius 2 is 1.81 bits per heavy atom. The average Bonchev–Trinajstić information content (AvgIpc) is 2.79. The Morgan fingerprint density at radius 1 is 1.14 bits per heavy atom. The SMILES string of the molecule is Nc1[nH]nc2ncc(S(=O)(=O)c3cc(F)cc(F)c3)nc12. The minimum absolute atomic E-state index is 0.0416. The lowest BCUT2D eigenvalue weighted by Gasteiger charge is -2.04. The van der Waals surface area contributed by atoms with Gasteiger partial charge >= 0.3 is 0 Å². The van der Waals surface area contributed by atoms with Crippen molar-refractivity contribution in [2.75, 3.05) is 5.73 Å². The second-order valence-electron chi connectivity index (χ2n) is 4.13.